The van der Waals surface area contributed by atoms with Gasteiger partial charge in [0.2, 0.25) is 5.95 Å². The normalized spacial score (nSPS) is 21.8. The zero-order valence-corrected chi connectivity index (χ0v) is 16.3. The molecule has 1 aliphatic rings. The van der Waals surface area contributed by atoms with Crippen LogP contribution in [-0.4, -0.2) is 55.9 Å². The fourth-order valence-electron chi connectivity index (χ4n) is 3.36. The van der Waals surface area contributed by atoms with E-state index in [1.807, 2.05) is 0 Å². The van der Waals surface area contributed by atoms with Gasteiger partial charge in [-0.15, -0.1) is 0 Å². The van der Waals surface area contributed by atoms with Crippen LogP contribution in [-0.2, 0) is 5.60 Å². The minimum absolute atomic E-state index is 0.0267. The lowest BCUT2D eigenvalue weighted by molar-refractivity contribution is -0.259. The number of anilines is 1. The predicted molar refractivity (Wildman–Crippen MR) is 102 cm³/mol. The number of imidazole rings is 1. The summed E-state index contributed by atoms with van der Waals surface area (Å²) in [6.07, 6.45) is -2.58. The molecular formula is C19H19F5N6O. The third kappa shape index (κ3) is 3.92. The number of fused-ring (bicyclic) bond motifs is 1. The number of aromatic nitrogens is 4. The van der Waals surface area contributed by atoms with Gasteiger partial charge in [0.25, 0.3) is 0 Å². The van der Waals surface area contributed by atoms with Gasteiger partial charge >= 0.3 is 6.18 Å². The molecule has 4 rings (SSSR count). The number of hydrogen-bond donors (Lipinski definition) is 3. The Morgan fingerprint density at radius 2 is 2.00 bits per heavy atom. The minimum Gasteiger partial charge on any atom is -0.376 e. The van der Waals surface area contributed by atoms with Crippen LogP contribution in [0.25, 0.3) is 17.0 Å². The topological polar surface area (TPSA) is 87.4 Å². The van der Waals surface area contributed by atoms with Crippen LogP contribution in [0.5, 0.6) is 0 Å². The maximum absolute atomic E-state index is 14.5. The van der Waals surface area contributed by atoms with Crippen LogP contribution in [0.3, 0.4) is 0 Å². The first-order valence-electron chi connectivity index (χ1n) is 9.49. The SMILES string of the molecule is CC(O)(c1ccc2ncc(-c3nc(N[C@H]4CNCC[C@@H]4F)ncc3F)n2c1)C(F)(F)F. The monoisotopic (exact) mass is 442 g/mol. The Balaban J connectivity index is 1.74. The summed E-state index contributed by atoms with van der Waals surface area (Å²) in [5.41, 5.74) is -3.52. The average Bonchev–Trinajstić information content (AvgIpc) is 3.13. The maximum atomic E-state index is 14.5. The predicted octanol–water partition coefficient (Wildman–Crippen LogP) is 2.81. The van der Waals surface area contributed by atoms with Gasteiger partial charge in [0, 0.05) is 18.3 Å². The Morgan fingerprint density at radius 1 is 1.23 bits per heavy atom. The fourth-order valence-corrected chi connectivity index (χ4v) is 3.36. The molecule has 3 N–H and O–H groups in total. The standard InChI is InChI=1S/C19H19F5N6O/c1-18(31,19(22,23)24)10-2-3-15-26-8-14(30(15)9-10)16-12(21)6-27-17(29-16)28-13-7-25-5-4-11(13)20/h2-3,6,8-9,11,13,25,31H,4-5,7H2,1H3,(H,27,28,29)/t11-,13-,18?/m0/s1. The lowest BCUT2D eigenvalue weighted by Crippen LogP contribution is -2.46. The van der Waals surface area contributed by atoms with Gasteiger partial charge in [-0.05, 0) is 26.0 Å². The van der Waals surface area contributed by atoms with Crippen molar-refractivity contribution in [1.82, 2.24) is 24.7 Å². The van der Waals surface area contributed by atoms with Crippen molar-refractivity contribution in [3.63, 3.8) is 0 Å². The lowest BCUT2D eigenvalue weighted by atomic mass is 9.97. The van der Waals surface area contributed by atoms with Gasteiger partial charge in [0.15, 0.2) is 11.4 Å². The van der Waals surface area contributed by atoms with Gasteiger partial charge in [-0.1, -0.05) is 6.07 Å². The Kier molecular flexibility index (Phi) is 5.30. The molecule has 3 atom stereocenters. The number of aliphatic hydroxyl groups is 1. The lowest BCUT2D eigenvalue weighted by Gasteiger charge is -2.27. The number of rotatable bonds is 4. The molecule has 0 spiro atoms. The summed E-state index contributed by atoms with van der Waals surface area (Å²) in [6.45, 7) is 1.51. The van der Waals surface area contributed by atoms with Gasteiger partial charge in [-0.2, -0.15) is 13.2 Å². The van der Waals surface area contributed by atoms with Crippen LogP contribution in [0.15, 0.2) is 30.7 Å². The molecule has 0 aromatic carbocycles. The first kappa shape index (κ1) is 21.4. The third-order valence-corrected chi connectivity index (χ3v) is 5.32. The molecule has 1 unspecified atom stereocenters. The zero-order valence-electron chi connectivity index (χ0n) is 16.3. The molecule has 166 valence electrons. The highest BCUT2D eigenvalue weighted by molar-refractivity contribution is 5.62. The number of nitrogens with zero attached hydrogens (tertiary/aromatic N) is 4. The quantitative estimate of drug-likeness (QED) is 0.539. The number of piperidine rings is 1. The first-order chi connectivity index (χ1) is 14.6. The second kappa shape index (κ2) is 7.68. The summed E-state index contributed by atoms with van der Waals surface area (Å²) < 4.78 is 69.5. The van der Waals surface area contributed by atoms with Crippen molar-refractivity contribution in [2.75, 3.05) is 18.4 Å². The van der Waals surface area contributed by atoms with Crippen molar-refractivity contribution in [2.24, 2.45) is 0 Å². The Labute approximate surface area is 173 Å². The number of alkyl halides is 4. The molecule has 31 heavy (non-hydrogen) atoms. The van der Waals surface area contributed by atoms with Crippen molar-refractivity contribution >= 4 is 11.6 Å². The molecule has 4 heterocycles. The molecule has 0 bridgehead atoms. The second-order valence-corrected chi connectivity index (χ2v) is 7.51. The molecule has 1 fully saturated rings. The van der Waals surface area contributed by atoms with E-state index < -0.39 is 35.4 Å². The molecule has 1 aliphatic heterocycles. The van der Waals surface area contributed by atoms with Crippen LogP contribution in [0.1, 0.15) is 18.9 Å². The average molecular weight is 442 g/mol. The highest BCUT2D eigenvalue weighted by atomic mass is 19.4. The number of nitrogens with one attached hydrogen (secondary N) is 2. The van der Waals surface area contributed by atoms with E-state index in [1.54, 1.807) is 0 Å². The van der Waals surface area contributed by atoms with E-state index in [9.17, 15) is 27.1 Å². The number of hydrogen-bond acceptors (Lipinski definition) is 6. The van der Waals surface area contributed by atoms with E-state index in [4.69, 9.17) is 0 Å². The first-order valence-corrected chi connectivity index (χ1v) is 9.49. The van der Waals surface area contributed by atoms with Gasteiger partial charge < -0.3 is 15.7 Å². The highest BCUT2D eigenvalue weighted by Gasteiger charge is 2.51. The molecule has 0 aliphatic carbocycles. The van der Waals surface area contributed by atoms with Gasteiger partial charge in [0.05, 0.1) is 24.1 Å². The van der Waals surface area contributed by atoms with Crippen LogP contribution >= 0.6 is 0 Å². The number of halogens is 5. The van der Waals surface area contributed by atoms with E-state index in [1.165, 1.54) is 16.7 Å². The van der Waals surface area contributed by atoms with E-state index in [0.29, 0.717) is 26.4 Å². The molecule has 7 nitrogen and oxygen atoms in total. The van der Waals surface area contributed by atoms with Crippen LogP contribution in [0, 0.1) is 5.82 Å². The second-order valence-electron chi connectivity index (χ2n) is 7.51. The van der Waals surface area contributed by atoms with Crippen LogP contribution in [0.4, 0.5) is 27.9 Å². The maximum Gasteiger partial charge on any atom is 0.421 e. The van der Waals surface area contributed by atoms with Gasteiger partial charge in [-0.25, -0.2) is 23.7 Å². The van der Waals surface area contributed by atoms with Crippen molar-refractivity contribution in [3.05, 3.63) is 42.1 Å². The summed E-state index contributed by atoms with van der Waals surface area (Å²) in [7, 11) is 0. The van der Waals surface area contributed by atoms with Crippen molar-refractivity contribution in [3.8, 4) is 11.4 Å². The minimum atomic E-state index is -4.92. The van der Waals surface area contributed by atoms with E-state index in [2.05, 4.69) is 25.6 Å². The molecule has 0 amide bonds. The van der Waals surface area contributed by atoms with Crippen LogP contribution < -0.4 is 10.6 Å². The van der Waals surface area contributed by atoms with E-state index >= 15 is 0 Å². The Morgan fingerprint density at radius 3 is 2.71 bits per heavy atom. The molecule has 3 aromatic heterocycles. The summed E-state index contributed by atoms with van der Waals surface area (Å²) in [5, 5.41) is 15.8. The molecule has 0 saturated carbocycles. The van der Waals surface area contributed by atoms with E-state index in [0.717, 1.165) is 18.5 Å². The Bertz CT molecular complexity index is 1100. The molecule has 3 aromatic rings. The van der Waals surface area contributed by atoms with Crippen molar-refractivity contribution in [1.29, 1.82) is 0 Å². The fraction of sp³-hybridized carbons (Fsp3) is 0.421. The van der Waals surface area contributed by atoms with Gasteiger partial charge in [0.1, 0.15) is 17.5 Å². The van der Waals surface area contributed by atoms with Crippen LogP contribution in [0.2, 0.25) is 0 Å². The summed E-state index contributed by atoms with van der Waals surface area (Å²) in [4.78, 5) is 12.0. The zero-order chi connectivity index (χ0) is 22.4. The van der Waals surface area contributed by atoms with Crippen molar-refractivity contribution < 1.29 is 27.1 Å². The Hall–Kier alpha value is -2.86. The smallest absolute Gasteiger partial charge is 0.376 e. The van der Waals surface area contributed by atoms with E-state index in [-0.39, 0.29) is 23.0 Å². The summed E-state index contributed by atoms with van der Waals surface area (Å²) in [6, 6.07) is 1.77. The number of pyridine rings is 1. The largest absolute Gasteiger partial charge is 0.421 e. The molecule has 0 radical (unpaired) electrons. The summed E-state index contributed by atoms with van der Waals surface area (Å²) >= 11 is 0. The highest BCUT2D eigenvalue weighted by Crippen LogP contribution is 2.38. The van der Waals surface area contributed by atoms with Crippen molar-refractivity contribution in [2.45, 2.75) is 37.3 Å². The van der Waals surface area contributed by atoms with Gasteiger partial charge in [-0.3, -0.25) is 4.40 Å². The third-order valence-electron chi connectivity index (χ3n) is 5.32. The molecule has 1 saturated heterocycles. The molecular weight excluding hydrogens is 423 g/mol. The summed E-state index contributed by atoms with van der Waals surface area (Å²) in [5.74, 6) is -0.861. The molecule has 12 heteroatoms.